The second-order valence-corrected chi connectivity index (χ2v) is 13.0. The van der Waals surface area contributed by atoms with E-state index in [0.717, 1.165) is 29.4 Å². The number of carboxylic acid groups (broad SMARTS) is 1. The van der Waals surface area contributed by atoms with Gasteiger partial charge in [-0.3, -0.25) is 24.6 Å². The van der Waals surface area contributed by atoms with E-state index < -0.39 is 17.9 Å². The molecule has 1 atom stereocenters. The number of aryl methyl sites for hydroxylation is 1. The third-order valence-corrected chi connectivity index (χ3v) is 8.78. The molecule has 1 aromatic carbocycles. The number of benzene rings is 1. The van der Waals surface area contributed by atoms with Gasteiger partial charge in [-0.2, -0.15) is 0 Å². The molecule has 0 spiro atoms. The monoisotopic (exact) mass is 716 g/mol. The summed E-state index contributed by atoms with van der Waals surface area (Å²) in [6.07, 6.45) is 12.8. The van der Waals surface area contributed by atoms with Gasteiger partial charge < -0.3 is 35.1 Å². The van der Waals surface area contributed by atoms with Gasteiger partial charge in [-0.25, -0.2) is 5.01 Å². The Labute approximate surface area is 304 Å². The number of nitrogens with zero attached hydrogens (tertiary/aromatic N) is 2. The van der Waals surface area contributed by atoms with E-state index in [1.165, 1.54) is 51.4 Å². The molecule has 0 bridgehead atoms. The van der Waals surface area contributed by atoms with Crippen LogP contribution in [0.15, 0.2) is 30.3 Å². The predicted octanol–water partition coefficient (Wildman–Crippen LogP) is 4.52. The third kappa shape index (κ3) is 19.6. The van der Waals surface area contributed by atoms with Crippen LogP contribution in [-0.4, -0.2) is 98.0 Å². The van der Waals surface area contributed by atoms with Crippen molar-refractivity contribution in [3.63, 3.8) is 0 Å². The van der Waals surface area contributed by atoms with Crippen molar-refractivity contribution >= 4 is 34.6 Å². The van der Waals surface area contributed by atoms with Crippen LogP contribution >= 0.6 is 0 Å². The molecule has 0 radical (unpaired) electrons. The van der Waals surface area contributed by atoms with Crippen LogP contribution in [0.25, 0.3) is 10.9 Å². The van der Waals surface area contributed by atoms with E-state index >= 15 is 0 Å². The molecule has 1 heterocycles. The van der Waals surface area contributed by atoms with E-state index in [1.54, 1.807) is 0 Å². The lowest BCUT2D eigenvalue weighted by Crippen LogP contribution is -2.47. The number of aliphatic carboxylic acids is 1. The molecule has 0 aliphatic heterocycles. The van der Waals surface area contributed by atoms with Crippen LogP contribution in [0.1, 0.15) is 103 Å². The Kier molecular flexibility index (Phi) is 23.3. The van der Waals surface area contributed by atoms with Crippen molar-refractivity contribution in [3.05, 3.63) is 36.0 Å². The van der Waals surface area contributed by atoms with Gasteiger partial charge in [0.05, 0.1) is 33.0 Å². The van der Waals surface area contributed by atoms with Gasteiger partial charge in [0.25, 0.3) is 0 Å². The number of hydrogen-bond donors (Lipinski definition) is 5. The maximum atomic E-state index is 13.0. The lowest BCUT2D eigenvalue weighted by atomic mass is 10.1. The molecule has 2 rings (SSSR count). The first-order valence-electron chi connectivity index (χ1n) is 18.9. The van der Waals surface area contributed by atoms with Gasteiger partial charge in [-0.1, -0.05) is 82.9 Å². The fraction of sp³-hybridized carbons (Fsp3) is 0.684. The highest BCUT2D eigenvalue weighted by Gasteiger charge is 2.22. The summed E-state index contributed by atoms with van der Waals surface area (Å²) in [6.45, 7) is 5.21. The third-order valence-electron chi connectivity index (χ3n) is 8.78. The predicted molar refractivity (Wildman–Crippen MR) is 200 cm³/mol. The molecule has 1 unspecified atom stereocenters. The van der Waals surface area contributed by atoms with Crippen LogP contribution in [0.4, 0.5) is 0 Å². The average Bonchev–Trinajstić information content (AvgIpc) is 3.46. The highest BCUT2D eigenvalue weighted by atomic mass is 16.5. The summed E-state index contributed by atoms with van der Waals surface area (Å²) < 4.78 is 13.1. The van der Waals surface area contributed by atoms with E-state index in [-0.39, 0.29) is 44.2 Å². The van der Waals surface area contributed by atoms with E-state index in [0.29, 0.717) is 45.9 Å². The maximum absolute atomic E-state index is 13.0. The molecule has 13 nitrogen and oxygen atoms in total. The number of carbonyl (C=O) groups excluding carboxylic acids is 3. The molecule has 51 heavy (non-hydrogen) atoms. The van der Waals surface area contributed by atoms with Crippen LogP contribution < -0.4 is 21.4 Å². The fourth-order valence-electron chi connectivity index (χ4n) is 5.82. The van der Waals surface area contributed by atoms with Crippen molar-refractivity contribution in [1.82, 2.24) is 31.0 Å². The summed E-state index contributed by atoms with van der Waals surface area (Å²) in [6, 6.07) is 9.08. The van der Waals surface area contributed by atoms with Crippen LogP contribution in [-0.2, 0) is 41.7 Å². The number of carboxylic acids is 1. The number of fused-ring (bicyclic) bond motifs is 1. The molecular formula is C38H64N6O7. The molecule has 13 heteroatoms. The van der Waals surface area contributed by atoms with Crippen LogP contribution in [0, 0.1) is 0 Å². The van der Waals surface area contributed by atoms with Gasteiger partial charge in [-0.05, 0) is 37.4 Å². The number of carbonyl (C=O) groups is 4. The molecule has 1 aromatic heterocycles. The zero-order valence-corrected chi connectivity index (χ0v) is 31.3. The molecule has 288 valence electrons. The first kappa shape index (κ1) is 43.6. The Morgan fingerprint density at radius 2 is 1.43 bits per heavy atom. The number of ether oxygens (including phenoxy) is 2. The molecule has 0 saturated carbocycles. The Bertz CT molecular complexity index is 1290. The normalized spacial score (nSPS) is 11.9. The quantitative estimate of drug-likeness (QED) is 0.0558. The number of amides is 3. The van der Waals surface area contributed by atoms with Gasteiger partial charge >= 0.3 is 5.97 Å². The number of hydrogen-bond acceptors (Lipinski definition) is 8. The number of aromatic nitrogens is 1. The lowest BCUT2D eigenvalue weighted by Gasteiger charge is -2.19. The van der Waals surface area contributed by atoms with E-state index in [1.807, 2.05) is 43.4 Å². The molecule has 5 N–H and O–H groups in total. The van der Waals surface area contributed by atoms with Crippen molar-refractivity contribution in [2.24, 2.45) is 0 Å². The summed E-state index contributed by atoms with van der Waals surface area (Å²) in [4.78, 5) is 49.1. The number of nitrogens with one attached hydrogen (secondary N) is 4. The van der Waals surface area contributed by atoms with Crippen molar-refractivity contribution in [1.29, 1.82) is 0 Å². The minimum atomic E-state index is -1.05. The summed E-state index contributed by atoms with van der Waals surface area (Å²) in [5.41, 5.74) is 5.13. The summed E-state index contributed by atoms with van der Waals surface area (Å²) in [7, 11) is 3.78. The first-order valence-corrected chi connectivity index (χ1v) is 18.9. The van der Waals surface area contributed by atoms with Crippen LogP contribution in [0.5, 0.6) is 0 Å². The standard InChI is InChI=1S/C38H64N6O7/c1-4-5-6-7-8-9-10-11-12-13-18-35(45)40-22-25-50-27-28-51-26-23-41-38(49)33(19-20-37(47)48)42-36(46)21-24-44-32(30-43(3)39-2)29-31-16-14-15-17-34(31)44/h14-17,29,33,39H,4-13,18-28,30H2,1-3H3,(H,40,45)(H,41,49)(H,42,46)(H,47,48). The van der Waals surface area contributed by atoms with Crippen molar-refractivity contribution < 1.29 is 33.8 Å². The molecular weight excluding hydrogens is 652 g/mol. The van der Waals surface area contributed by atoms with Gasteiger partial charge in [-0.15, -0.1) is 0 Å². The Balaban J connectivity index is 1.59. The fourth-order valence-corrected chi connectivity index (χ4v) is 5.82. The highest BCUT2D eigenvalue weighted by Crippen LogP contribution is 2.21. The van der Waals surface area contributed by atoms with Gasteiger partial charge in [0, 0.05) is 57.2 Å². The lowest BCUT2D eigenvalue weighted by molar-refractivity contribution is -0.138. The van der Waals surface area contributed by atoms with E-state index in [2.05, 4.69) is 38.9 Å². The molecule has 0 fully saturated rings. The maximum Gasteiger partial charge on any atom is 0.303 e. The Morgan fingerprint density at radius 1 is 0.804 bits per heavy atom. The van der Waals surface area contributed by atoms with Crippen molar-refractivity contribution in [2.75, 3.05) is 53.6 Å². The van der Waals surface area contributed by atoms with Crippen molar-refractivity contribution in [2.45, 2.75) is 116 Å². The van der Waals surface area contributed by atoms with Gasteiger partial charge in [0.1, 0.15) is 6.04 Å². The summed E-state index contributed by atoms with van der Waals surface area (Å²) in [5.74, 6) is -1.79. The van der Waals surface area contributed by atoms with Gasteiger partial charge in [0.15, 0.2) is 0 Å². The molecule has 0 saturated heterocycles. The molecule has 2 aromatic rings. The zero-order chi connectivity index (χ0) is 37.1. The van der Waals surface area contributed by atoms with Crippen LogP contribution in [0.3, 0.4) is 0 Å². The summed E-state index contributed by atoms with van der Waals surface area (Å²) >= 11 is 0. The van der Waals surface area contributed by atoms with Gasteiger partial charge in [0.2, 0.25) is 17.7 Å². The minimum Gasteiger partial charge on any atom is -0.481 e. The summed E-state index contributed by atoms with van der Waals surface area (Å²) in [5, 5.41) is 20.5. The minimum absolute atomic E-state index is 0.0257. The molecule has 3 amide bonds. The van der Waals surface area contributed by atoms with Crippen LogP contribution in [0.2, 0.25) is 0 Å². The Morgan fingerprint density at radius 3 is 2.08 bits per heavy atom. The molecule has 0 aliphatic carbocycles. The highest BCUT2D eigenvalue weighted by molar-refractivity contribution is 5.88. The molecule has 0 aliphatic rings. The Hall–Kier alpha value is -3.52. The zero-order valence-electron chi connectivity index (χ0n) is 31.3. The first-order chi connectivity index (χ1) is 24.7. The van der Waals surface area contributed by atoms with E-state index in [4.69, 9.17) is 9.47 Å². The largest absolute Gasteiger partial charge is 0.481 e. The second kappa shape index (κ2) is 27.2. The van der Waals surface area contributed by atoms with E-state index in [9.17, 15) is 24.3 Å². The second-order valence-electron chi connectivity index (χ2n) is 13.0. The number of unbranched alkanes of at least 4 members (excludes halogenated alkanes) is 9. The topological polar surface area (TPSA) is 163 Å². The number of para-hydroxylation sites is 1. The smallest absolute Gasteiger partial charge is 0.303 e. The SMILES string of the molecule is CCCCCCCCCCCCC(=O)NCCOCCOCCNC(=O)C(CCC(=O)O)NC(=O)CCn1c(CN(C)NC)cc2ccccc21. The number of rotatable bonds is 31. The number of hydrazine groups is 1. The van der Waals surface area contributed by atoms with Crippen molar-refractivity contribution in [3.8, 4) is 0 Å². The average molecular weight is 717 g/mol.